The van der Waals surface area contributed by atoms with Crippen LogP contribution in [-0.4, -0.2) is 41.4 Å². The third-order valence-electron chi connectivity index (χ3n) is 3.54. The molecule has 0 aliphatic heterocycles. The standard InChI is InChI=1S/C12H20N4O2/c1-16(8-5-3-4-6-9(8)17)12-10(18-2)11(13)14-7-15-12/h7-9,17H,3-6H2,1-2H3,(H2,13,14,15). The van der Waals surface area contributed by atoms with Crippen LogP contribution in [0.15, 0.2) is 6.33 Å². The average Bonchev–Trinajstić information content (AvgIpc) is 2.38. The van der Waals surface area contributed by atoms with Gasteiger partial charge in [-0.1, -0.05) is 12.8 Å². The number of nitrogens with zero attached hydrogens (tertiary/aromatic N) is 3. The second kappa shape index (κ2) is 5.39. The molecule has 2 rings (SSSR count). The van der Waals surface area contributed by atoms with Crippen LogP contribution in [0.2, 0.25) is 0 Å². The molecule has 1 saturated carbocycles. The summed E-state index contributed by atoms with van der Waals surface area (Å²) < 4.78 is 5.25. The Bertz CT molecular complexity index is 413. The summed E-state index contributed by atoms with van der Waals surface area (Å²) in [4.78, 5) is 10.1. The molecule has 0 radical (unpaired) electrons. The number of likely N-dealkylation sites (N-methyl/N-ethyl adjacent to an activating group) is 1. The van der Waals surface area contributed by atoms with E-state index in [-0.39, 0.29) is 12.1 Å². The molecule has 6 nitrogen and oxygen atoms in total. The highest BCUT2D eigenvalue weighted by Gasteiger charge is 2.29. The molecule has 1 aliphatic rings. The van der Waals surface area contributed by atoms with E-state index in [1.807, 2.05) is 11.9 Å². The second-order valence-corrected chi connectivity index (χ2v) is 4.65. The Hall–Kier alpha value is -1.56. The molecule has 1 aromatic heterocycles. The molecule has 0 spiro atoms. The van der Waals surface area contributed by atoms with E-state index in [0.29, 0.717) is 17.4 Å². The summed E-state index contributed by atoms with van der Waals surface area (Å²) in [6.45, 7) is 0. The lowest BCUT2D eigenvalue weighted by atomic mass is 9.91. The molecule has 100 valence electrons. The minimum atomic E-state index is -0.329. The number of aliphatic hydroxyl groups excluding tert-OH is 1. The first-order valence-corrected chi connectivity index (χ1v) is 6.20. The molecule has 0 saturated heterocycles. The molecule has 2 atom stereocenters. The van der Waals surface area contributed by atoms with Gasteiger partial charge in [-0.25, -0.2) is 9.97 Å². The third kappa shape index (κ3) is 2.33. The molecule has 1 aromatic rings. The number of aliphatic hydroxyl groups is 1. The van der Waals surface area contributed by atoms with Crippen molar-refractivity contribution in [2.75, 3.05) is 24.8 Å². The van der Waals surface area contributed by atoms with Gasteiger partial charge in [0.15, 0.2) is 11.6 Å². The van der Waals surface area contributed by atoms with Crippen molar-refractivity contribution in [2.24, 2.45) is 0 Å². The van der Waals surface area contributed by atoms with Crippen molar-refractivity contribution in [3.05, 3.63) is 6.33 Å². The van der Waals surface area contributed by atoms with Gasteiger partial charge in [-0.15, -0.1) is 0 Å². The summed E-state index contributed by atoms with van der Waals surface area (Å²) in [5.41, 5.74) is 5.77. The number of nitrogens with two attached hydrogens (primary N) is 1. The molecule has 3 N–H and O–H groups in total. The summed E-state index contributed by atoms with van der Waals surface area (Å²) in [6.07, 6.45) is 5.06. The van der Waals surface area contributed by atoms with Crippen molar-refractivity contribution in [1.82, 2.24) is 9.97 Å². The van der Waals surface area contributed by atoms with Crippen LogP contribution in [0.3, 0.4) is 0 Å². The van der Waals surface area contributed by atoms with Crippen LogP contribution in [0.1, 0.15) is 25.7 Å². The van der Waals surface area contributed by atoms with Crippen LogP contribution in [0, 0.1) is 0 Å². The Morgan fingerprint density at radius 2 is 2.11 bits per heavy atom. The Labute approximate surface area is 107 Å². The van der Waals surface area contributed by atoms with Gasteiger partial charge in [0.1, 0.15) is 6.33 Å². The largest absolute Gasteiger partial charge is 0.490 e. The van der Waals surface area contributed by atoms with Crippen LogP contribution in [0.5, 0.6) is 5.75 Å². The van der Waals surface area contributed by atoms with Crippen molar-refractivity contribution >= 4 is 11.6 Å². The SMILES string of the molecule is COc1c(N)ncnc1N(C)C1CCCCC1O. The highest BCUT2D eigenvalue weighted by atomic mass is 16.5. The highest BCUT2D eigenvalue weighted by molar-refractivity contribution is 5.62. The lowest BCUT2D eigenvalue weighted by Crippen LogP contribution is -2.44. The van der Waals surface area contributed by atoms with Gasteiger partial charge < -0.3 is 20.5 Å². The van der Waals surface area contributed by atoms with E-state index in [1.54, 1.807) is 7.11 Å². The van der Waals surface area contributed by atoms with Crippen LogP contribution < -0.4 is 15.4 Å². The number of hydrogen-bond acceptors (Lipinski definition) is 6. The van der Waals surface area contributed by atoms with Crippen LogP contribution in [-0.2, 0) is 0 Å². The zero-order valence-electron chi connectivity index (χ0n) is 10.8. The van der Waals surface area contributed by atoms with E-state index in [2.05, 4.69) is 9.97 Å². The number of nitrogen functional groups attached to an aromatic ring is 1. The topological polar surface area (TPSA) is 84.5 Å². The van der Waals surface area contributed by atoms with Gasteiger partial charge in [-0.2, -0.15) is 0 Å². The number of ether oxygens (including phenoxy) is 1. The molecule has 0 aromatic carbocycles. The fraction of sp³-hybridized carbons (Fsp3) is 0.667. The van der Waals surface area contributed by atoms with Gasteiger partial charge in [-0.3, -0.25) is 0 Å². The molecular weight excluding hydrogens is 232 g/mol. The maximum atomic E-state index is 10.1. The third-order valence-corrected chi connectivity index (χ3v) is 3.54. The summed E-state index contributed by atoms with van der Waals surface area (Å²) in [5.74, 6) is 1.42. The van der Waals surface area contributed by atoms with Crippen LogP contribution >= 0.6 is 0 Å². The van der Waals surface area contributed by atoms with Crippen molar-refractivity contribution < 1.29 is 9.84 Å². The van der Waals surface area contributed by atoms with Crippen molar-refractivity contribution in [1.29, 1.82) is 0 Å². The highest BCUT2D eigenvalue weighted by Crippen LogP contribution is 2.33. The first-order valence-electron chi connectivity index (χ1n) is 6.20. The molecule has 1 heterocycles. The Kier molecular flexibility index (Phi) is 3.86. The summed E-state index contributed by atoms with van der Waals surface area (Å²) >= 11 is 0. The fourth-order valence-electron chi connectivity index (χ4n) is 2.53. The van der Waals surface area contributed by atoms with Gasteiger partial charge in [-0.05, 0) is 12.8 Å². The molecule has 0 bridgehead atoms. The van der Waals surface area contributed by atoms with Gasteiger partial charge in [0, 0.05) is 7.05 Å². The number of rotatable bonds is 3. The zero-order valence-corrected chi connectivity index (χ0v) is 10.8. The van der Waals surface area contributed by atoms with Crippen molar-refractivity contribution in [3.8, 4) is 5.75 Å². The minimum Gasteiger partial charge on any atom is -0.490 e. The maximum Gasteiger partial charge on any atom is 0.204 e. The Balaban J connectivity index is 2.27. The van der Waals surface area contributed by atoms with E-state index >= 15 is 0 Å². The van der Waals surface area contributed by atoms with E-state index in [9.17, 15) is 5.11 Å². The average molecular weight is 252 g/mol. The zero-order chi connectivity index (χ0) is 13.1. The summed E-state index contributed by atoms with van der Waals surface area (Å²) in [5, 5.41) is 10.1. The predicted octanol–water partition coefficient (Wildman–Crippen LogP) is 0.807. The van der Waals surface area contributed by atoms with Gasteiger partial charge in [0.05, 0.1) is 19.3 Å². The predicted molar refractivity (Wildman–Crippen MR) is 69.7 cm³/mol. The number of aromatic nitrogens is 2. The van der Waals surface area contributed by atoms with E-state index in [1.165, 1.54) is 6.33 Å². The molecule has 6 heteroatoms. The lowest BCUT2D eigenvalue weighted by Gasteiger charge is -2.36. The molecule has 18 heavy (non-hydrogen) atoms. The van der Waals surface area contributed by atoms with Crippen molar-refractivity contribution in [2.45, 2.75) is 37.8 Å². The maximum absolute atomic E-state index is 10.1. The monoisotopic (exact) mass is 252 g/mol. The minimum absolute atomic E-state index is 0.0574. The molecule has 1 fully saturated rings. The summed E-state index contributed by atoms with van der Waals surface area (Å²) in [7, 11) is 3.45. The smallest absolute Gasteiger partial charge is 0.204 e. The normalized spacial score (nSPS) is 23.7. The number of methoxy groups -OCH3 is 1. The van der Waals surface area contributed by atoms with E-state index in [4.69, 9.17) is 10.5 Å². The molecular formula is C12H20N4O2. The number of hydrogen-bond donors (Lipinski definition) is 2. The van der Waals surface area contributed by atoms with Gasteiger partial charge in [0.25, 0.3) is 0 Å². The van der Waals surface area contributed by atoms with Crippen LogP contribution in [0.4, 0.5) is 11.6 Å². The second-order valence-electron chi connectivity index (χ2n) is 4.65. The Morgan fingerprint density at radius 3 is 2.78 bits per heavy atom. The number of anilines is 2. The summed E-state index contributed by atoms with van der Waals surface area (Å²) in [6, 6.07) is 0.0574. The molecule has 1 aliphatic carbocycles. The van der Waals surface area contributed by atoms with Crippen LogP contribution in [0.25, 0.3) is 0 Å². The lowest BCUT2D eigenvalue weighted by molar-refractivity contribution is 0.105. The fourth-order valence-corrected chi connectivity index (χ4v) is 2.53. The van der Waals surface area contributed by atoms with Crippen molar-refractivity contribution in [3.63, 3.8) is 0 Å². The Morgan fingerprint density at radius 1 is 1.39 bits per heavy atom. The quantitative estimate of drug-likeness (QED) is 0.828. The molecule has 2 unspecified atom stereocenters. The first-order chi connectivity index (χ1) is 8.65. The van der Waals surface area contributed by atoms with E-state index in [0.717, 1.165) is 25.7 Å². The van der Waals surface area contributed by atoms with E-state index < -0.39 is 0 Å². The van der Waals surface area contributed by atoms with Gasteiger partial charge >= 0.3 is 0 Å². The molecule has 0 amide bonds. The first kappa shape index (κ1) is 12.9. The van der Waals surface area contributed by atoms with Gasteiger partial charge in [0.2, 0.25) is 5.75 Å².